The fourth-order valence-corrected chi connectivity index (χ4v) is 0.243. The zero-order valence-corrected chi connectivity index (χ0v) is 4.84. The minimum Gasteiger partial charge on any atom is -0.477 e. The SMILES string of the molecule is [CH]=C(NC(C)=O)C(=O)O. The number of rotatable bonds is 2. The maximum absolute atomic E-state index is 10.1. The van der Waals surface area contributed by atoms with Crippen LogP contribution in [0.25, 0.3) is 0 Å². The van der Waals surface area contributed by atoms with Crippen LogP contribution in [0.5, 0.6) is 0 Å². The van der Waals surface area contributed by atoms with Crippen LogP contribution in [0, 0.1) is 6.58 Å². The topological polar surface area (TPSA) is 66.4 Å². The van der Waals surface area contributed by atoms with Crippen LogP contribution in [0.1, 0.15) is 6.92 Å². The highest BCUT2D eigenvalue weighted by Gasteiger charge is 2.03. The van der Waals surface area contributed by atoms with Crippen molar-refractivity contribution in [1.82, 2.24) is 5.32 Å². The van der Waals surface area contributed by atoms with Gasteiger partial charge in [-0.2, -0.15) is 0 Å². The monoisotopic (exact) mass is 128 g/mol. The van der Waals surface area contributed by atoms with E-state index < -0.39 is 17.6 Å². The Bertz CT molecular complexity index is 162. The summed E-state index contributed by atoms with van der Waals surface area (Å²) in [5.74, 6) is -1.82. The molecule has 4 heteroatoms. The molecule has 0 aromatic rings. The molecular weight excluding hydrogens is 122 g/mol. The number of carboxylic acids is 1. The number of carboxylic acid groups (broad SMARTS) is 1. The molecule has 0 bridgehead atoms. The second-order valence-corrected chi connectivity index (χ2v) is 1.40. The summed E-state index contributed by atoms with van der Waals surface area (Å²) >= 11 is 0. The van der Waals surface area contributed by atoms with Crippen molar-refractivity contribution in [3.05, 3.63) is 12.3 Å². The second-order valence-electron chi connectivity index (χ2n) is 1.40. The lowest BCUT2D eigenvalue weighted by Crippen LogP contribution is -2.23. The van der Waals surface area contributed by atoms with Crippen LogP contribution in [0.2, 0.25) is 0 Å². The van der Waals surface area contributed by atoms with Gasteiger partial charge in [0.1, 0.15) is 5.70 Å². The maximum atomic E-state index is 10.1. The Morgan fingerprint density at radius 2 is 2.00 bits per heavy atom. The van der Waals surface area contributed by atoms with Crippen molar-refractivity contribution in [2.75, 3.05) is 0 Å². The van der Waals surface area contributed by atoms with Gasteiger partial charge in [-0.25, -0.2) is 4.79 Å². The smallest absolute Gasteiger partial charge is 0.352 e. The molecule has 0 aliphatic carbocycles. The Hall–Kier alpha value is -1.32. The van der Waals surface area contributed by atoms with Gasteiger partial charge in [0.2, 0.25) is 5.91 Å². The standard InChI is InChI=1S/C5H6NO3/c1-3(5(8)9)6-4(2)7/h1H,2H3,(H,6,7)(H,8,9). The summed E-state index contributed by atoms with van der Waals surface area (Å²) in [6.45, 7) is 5.98. The average molecular weight is 128 g/mol. The number of amides is 1. The van der Waals surface area contributed by atoms with Gasteiger partial charge in [0.05, 0.1) is 0 Å². The lowest BCUT2D eigenvalue weighted by Gasteiger charge is -1.96. The van der Waals surface area contributed by atoms with E-state index >= 15 is 0 Å². The fourth-order valence-electron chi connectivity index (χ4n) is 0.243. The van der Waals surface area contributed by atoms with E-state index in [1.165, 1.54) is 6.92 Å². The normalized spacial score (nSPS) is 8.11. The van der Waals surface area contributed by atoms with Crippen molar-refractivity contribution in [1.29, 1.82) is 0 Å². The molecule has 2 N–H and O–H groups in total. The summed E-state index contributed by atoms with van der Waals surface area (Å²) in [5, 5.41) is 9.95. The quantitative estimate of drug-likeness (QED) is 0.494. The van der Waals surface area contributed by atoms with E-state index in [9.17, 15) is 9.59 Å². The highest BCUT2D eigenvalue weighted by Crippen LogP contribution is 1.80. The van der Waals surface area contributed by atoms with Crippen LogP contribution in [-0.4, -0.2) is 17.0 Å². The first-order valence-electron chi connectivity index (χ1n) is 2.17. The molecule has 0 spiro atoms. The molecule has 0 fully saturated rings. The Labute approximate surface area is 52.2 Å². The lowest BCUT2D eigenvalue weighted by atomic mass is 10.5. The zero-order valence-electron chi connectivity index (χ0n) is 4.84. The minimum absolute atomic E-state index is 0.491. The van der Waals surface area contributed by atoms with Gasteiger partial charge in [-0.05, 0) is 6.58 Å². The number of hydrogen-bond acceptors (Lipinski definition) is 2. The van der Waals surface area contributed by atoms with E-state index in [1.54, 1.807) is 0 Å². The second kappa shape index (κ2) is 2.86. The number of carbonyl (C=O) groups is 2. The largest absolute Gasteiger partial charge is 0.477 e. The molecule has 1 amide bonds. The summed E-state index contributed by atoms with van der Waals surface area (Å²) < 4.78 is 0. The molecular formula is C5H6NO3. The van der Waals surface area contributed by atoms with Crippen molar-refractivity contribution in [3.8, 4) is 0 Å². The molecule has 0 aromatic carbocycles. The molecule has 9 heavy (non-hydrogen) atoms. The zero-order chi connectivity index (χ0) is 7.44. The van der Waals surface area contributed by atoms with Crippen LogP contribution in [0.4, 0.5) is 0 Å². The highest BCUT2D eigenvalue weighted by molar-refractivity contribution is 5.90. The van der Waals surface area contributed by atoms with E-state index in [2.05, 4.69) is 0 Å². The van der Waals surface area contributed by atoms with Gasteiger partial charge in [0.25, 0.3) is 0 Å². The molecule has 0 unspecified atom stereocenters. The predicted octanol–water partition coefficient (Wildman–Crippen LogP) is -0.476. The van der Waals surface area contributed by atoms with Gasteiger partial charge in [0.15, 0.2) is 0 Å². The predicted molar refractivity (Wildman–Crippen MR) is 29.3 cm³/mol. The molecule has 49 valence electrons. The van der Waals surface area contributed by atoms with Crippen LogP contribution >= 0.6 is 0 Å². The number of carbonyl (C=O) groups excluding carboxylic acids is 1. The van der Waals surface area contributed by atoms with E-state index in [0.717, 1.165) is 0 Å². The summed E-state index contributed by atoms with van der Waals surface area (Å²) in [5.41, 5.74) is -0.553. The van der Waals surface area contributed by atoms with Gasteiger partial charge in [-0.15, -0.1) is 0 Å². The molecule has 0 rings (SSSR count). The minimum atomic E-state index is -1.33. The molecule has 1 radical (unpaired) electrons. The molecule has 0 atom stereocenters. The third kappa shape index (κ3) is 3.28. The Balaban J connectivity index is 3.79. The maximum Gasteiger partial charge on any atom is 0.352 e. The van der Waals surface area contributed by atoms with E-state index in [-0.39, 0.29) is 0 Å². The summed E-state index contributed by atoms with van der Waals surface area (Å²) in [7, 11) is 0. The van der Waals surface area contributed by atoms with Crippen molar-refractivity contribution in [2.45, 2.75) is 6.92 Å². The van der Waals surface area contributed by atoms with E-state index in [0.29, 0.717) is 0 Å². The molecule has 0 heterocycles. The van der Waals surface area contributed by atoms with Gasteiger partial charge in [-0.1, -0.05) is 0 Å². The summed E-state index contributed by atoms with van der Waals surface area (Å²) in [6.07, 6.45) is 0. The summed E-state index contributed by atoms with van der Waals surface area (Å²) in [6, 6.07) is 0. The molecule has 0 aliphatic heterocycles. The molecule has 0 aromatic heterocycles. The number of hydrogen-bond donors (Lipinski definition) is 2. The van der Waals surface area contributed by atoms with Crippen molar-refractivity contribution in [2.24, 2.45) is 0 Å². The van der Waals surface area contributed by atoms with Gasteiger partial charge in [0, 0.05) is 6.92 Å². The molecule has 0 saturated heterocycles. The third-order valence-electron chi connectivity index (χ3n) is 0.541. The summed E-state index contributed by atoms with van der Waals surface area (Å²) in [4.78, 5) is 19.9. The van der Waals surface area contributed by atoms with Gasteiger partial charge < -0.3 is 10.4 Å². The van der Waals surface area contributed by atoms with E-state index in [1.807, 2.05) is 5.32 Å². The van der Waals surface area contributed by atoms with Crippen LogP contribution in [0.3, 0.4) is 0 Å². The van der Waals surface area contributed by atoms with Gasteiger partial charge >= 0.3 is 5.97 Å². The van der Waals surface area contributed by atoms with Crippen LogP contribution in [0.15, 0.2) is 5.70 Å². The molecule has 0 aliphatic rings. The van der Waals surface area contributed by atoms with Crippen LogP contribution in [-0.2, 0) is 9.59 Å². The first kappa shape index (κ1) is 7.68. The van der Waals surface area contributed by atoms with Crippen LogP contribution < -0.4 is 5.32 Å². The van der Waals surface area contributed by atoms with Crippen molar-refractivity contribution >= 4 is 11.9 Å². The van der Waals surface area contributed by atoms with Crippen molar-refractivity contribution < 1.29 is 14.7 Å². The Morgan fingerprint density at radius 1 is 1.56 bits per heavy atom. The average Bonchev–Trinajstić information content (AvgIpc) is 1.63. The third-order valence-corrected chi connectivity index (χ3v) is 0.541. The first-order valence-corrected chi connectivity index (χ1v) is 2.17. The Kier molecular flexibility index (Phi) is 2.44. The Morgan fingerprint density at radius 3 is 2.11 bits per heavy atom. The molecule has 4 nitrogen and oxygen atoms in total. The lowest BCUT2D eigenvalue weighted by molar-refractivity contribution is -0.134. The van der Waals surface area contributed by atoms with Crippen molar-refractivity contribution in [3.63, 3.8) is 0 Å². The first-order chi connectivity index (χ1) is 4.04. The highest BCUT2D eigenvalue weighted by atomic mass is 16.4. The van der Waals surface area contributed by atoms with E-state index in [4.69, 9.17) is 11.7 Å². The number of nitrogens with one attached hydrogen (secondary N) is 1. The number of aliphatic carboxylic acids is 1. The van der Waals surface area contributed by atoms with Gasteiger partial charge in [-0.3, -0.25) is 4.79 Å². The fraction of sp³-hybridized carbons (Fsp3) is 0.200. The molecule has 0 saturated carbocycles.